The summed E-state index contributed by atoms with van der Waals surface area (Å²) in [7, 11) is 0. The number of nitrogens with zero attached hydrogens (tertiary/aromatic N) is 9. The van der Waals surface area contributed by atoms with Crippen LogP contribution in [0.25, 0.3) is 279 Å². The van der Waals surface area contributed by atoms with Crippen molar-refractivity contribution in [1.29, 1.82) is 0 Å². The molecule has 0 spiro atoms. The minimum absolute atomic E-state index is 0.819. The van der Waals surface area contributed by atoms with E-state index >= 15 is 0 Å². The van der Waals surface area contributed by atoms with E-state index in [0.717, 1.165) is 166 Å². The Hall–Kier alpha value is -18.7. The number of thiophene rings is 2. The van der Waals surface area contributed by atoms with Crippen molar-refractivity contribution in [3.63, 3.8) is 0 Å². The molecule has 0 saturated carbocycles. The van der Waals surface area contributed by atoms with Crippen molar-refractivity contribution >= 4 is 184 Å². The van der Waals surface area contributed by atoms with Crippen LogP contribution in [-0.2, 0) is 0 Å². The summed E-state index contributed by atoms with van der Waals surface area (Å²) in [5.41, 5.74) is 39.8. The van der Waals surface area contributed by atoms with Gasteiger partial charge in [-0.1, -0.05) is 309 Å². The third-order valence-corrected chi connectivity index (χ3v) is 30.4. The van der Waals surface area contributed by atoms with Gasteiger partial charge in [0, 0.05) is 84.7 Å². The van der Waals surface area contributed by atoms with Crippen LogP contribution >= 0.6 is 22.7 Å². The fourth-order valence-corrected chi connectivity index (χ4v) is 23.6. The van der Waals surface area contributed by atoms with Gasteiger partial charge in [-0.25, -0.2) is 29.9 Å². The molecule has 0 bridgehead atoms. The van der Waals surface area contributed by atoms with E-state index in [2.05, 4.69) is 438 Å². The lowest BCUT2D eigenvalue weighted by molar-refractivity contribution is 0.668. The first-order chi connectivity index (χ1) is 71.3. The highest BCUT2D eigenvalue weighted by Crippen LogP contribution is 2.47. The molecule has 9 aromatic heterocycles. The summed E-state index contributed by atoms with van der Waals surface area (Å²) in [4.78, 5) is 31.4. The maximum Gasteiger partial charge on any atom is 0.165 e. The summed E-state index contributed by atoms with van der Waals surface area (Å²) in [5.74, 6) is 0. The van der Waals surface area contributed by atoms with Gasteiger partial charge in [0.25, 0.3) is 0 Å². The van der Waals surface area contributed by atoms with Crippen LogP contribution in [0.3, 0.4) is 0 Å². The topological polar surface area (TPSA) is 105 Å². The summed E-state index contributed by atoms with van der Waals surface area (Å²) in [6.07, 6.45) is 0. The van der Waals surface area contributed by atoms with E-state index in [9.17, 15) is 0 Å². The Morgan fingerprint density at radius 1 is 0.167 bits per heavy atom. The molecule has 0 aliphatic rings. The maximum absolute atomic E-state index is 6.31. The van der Waals surface area contributed by atoms with Crippen LogP contribution in [-0.4, -0.2) is 43.6 Å². The Morgan fingerprint density at radius 3 is 1.02 bits per heavy atom. The molecule has 0 aliphatic carbocycles. The van der Waals surface area contributed by atoms with Gasteiger partial charge in [-0.05, 0) is 276 Å². The molecule has 0 aliphatic heterocycles. The third kappa shape index (κ3) is 14.7. The van der Waals surface area contributed by atoms with Crippen LogP contribution < -0.4 is 0 Å². The van der Waals surface area contributed by atoms with Crippen LogP contribution in [0.5, 0.6) is 0 Å². The molecule has 144 heavy (non-hydrogen) atoms. The Kier molecular flexibility index (Phi) is 20.1. The van der Waals surface area contributed by atoms with Crippen LogP contribution in [0, 0.1) is 0 Å². The lowest BCUT2D eigenvalue weighted by Gasteiger charge is -2.13. The fraction of sp³-hybridized carbons (Fsp3) is 0. The monoisotopic (exact) mass is 1870 g/mol. The first kappa shape index (κ1) is 83.4. The van der Waals surface area contributed by atoms with Gasteiger partial charge in [-0.2, -0.15) is 0 Å². The molecule has 0 amide bonds. The van der Waals surface area contributed by atoms with Crippen molar-refractivity contribution in [2.45, 2.75) is 0 Å². The molecular weight excluding hydrogens is 1790 g/mol. The summed E-state index contributed by atoms with van der Waals surface area (Å²) in [6.45, 7) is 0. The molecule has 0 fully saturated rings. The molecule has 30 rings (SSSR count). The summed E-state index contributed by atoms with van der Waals surface area (Å²) >= 11 is 3.71. The lowest BCUT2D eigenvalue weighted by Crippen LogP contribution is -1.96. The van der Waals surface area contributed by atoms with Crippen molar-refractivity contribution in [2.24, 2.45) is 0 Å². The molecule has 9 heterocycles. The van der Waals surface area contributed by atoms with E-state index in [0.29, 0.717) is 0 Å². The molecule has 12 heteroatoms. The zero-order valence-electron chi connectivity index (χ0n) is 77.5. The van der Waals surface area contributed by atoms with E-state index in [1.54, 1.807) is 0 Å². The summed E-state index contributed by atoms with van der Waals surface area (Å²) in [5, 5.41) is 10.7. The normalized spacial score (nSPS) is 11.8. The van der Waals surface area contributed by atoms with Gasteiger partial charge < -0.3 is 4.42 Å². The molecule has 30 aromatic rings. The summed E-state index contributed by atoms with van der Waals surface area (Å²) in [6, 6.07) is 174. The molecule has 10 nitrogen and oxygen atoms in total. The zero-order chi connectivity index (χ0) is 94.8. The Bertz CT molecular complexity index is 9860. The van der Waals surface area contributed by atoms with E-state index in [1.165, 1.54) is 113 Å². The zero-order valence-corrected chi connectivity index (χ0v) is 79.1. The van der Waals surface area contributed by atoms with Gasteiger partial charge in [0.15, 0.2) is 16.9 Å². The largest absolute Gasteiger partial charge is 0.456 e. The molecule has 0 radical (unpaired) electrons. The Morgan fingerprint density at radius 2 is 0.507 bits per heavy atom. The second kappa shape index (κ2) is 34.7. The summed E-state index contributed by atoms with van der Waals surface area (Å²) < 4.78 is 18.2. The Balaban J connectivity index is 0.000000105. The van der Waals surface area contributed by atoms with E-state index < -0.39 is 0 Å². The molecule has 0 saturated heterocycles. The van der Waals surface area contributed by atoms with E-state index in [4.69, 9.17) is 34.3 Å². The van der Waals surface area contributed by atoms with Crippen molar-refractivity contribution in [1.82, 2.24) is 43.6 Å². The van der Waals surface area contributed by atoms with Gasteiger partial charge >= 0.3 is 0 Å². The number of fused-ring (bicyclic) bond motifs is 21. The average molecular weight is 1870 g/mol. The number of hydrogen-bond acceptors (Lipinski definition) is 9. The minimum atomic E-state index is 0.819. The van der Waals surface area contributed by atoms with Gasteiger partial charge in [0.2, 0.25) is 0 Å². The third-order valence-electron chi connectivity index (χ3n) is 28.1. The van der Waals surface area contributed by atoms with Crippen LogP contribution in [0.1, 0.15) is 0 Å². The molecular formula is C132H81N9OS2. The number of aromatic nitrogens is 9. The number of benzene rings is 21. The smallest absolute Gasteiger partial charge is 0.165 e. The van der Waals surface area contributed by atoms with Crippen LogP contribution in [0.4, 0.5) is 0 Å². The van der Waals surface area contributed by atoms with Gasteiger partial charge in [0.1, 0.15) is 27.7 Å². The van der Waals surface area contributed by atoms with Crippen molar-refractivity contribution < 1.29 is 4.42 Å². The SMILES string of the molecule is c1ccc(-c2cc(-c3ccc4nc5c(nc4c3)c3ccccc3n5-c3ccccc3)cc(-c3cccc4c3sc3ccccc34)c2)cc1.c1ccc(-c2cc(-c3ccccc3)cc(-c3ccc4c(c3)c3nc5ccccc5nc3n4-c3ccc4c(c3)oc3ccccc34)c2)cc1.c1ccc(-c2cc(-c3ccccc3)cc(-c3ccc4c(c3)c3nc5ccccc5nc3n4-c3ccc4c(c3)sc3ccccc34)c2)cc1. The molecule has 672 valence electrons. The quantitative estimate of drug-likeness (QED) is 0.120. The highest BCUT2D eigenvalue weighted by atomic mass is 32.1. The number of furan rings is 1. The van der Waals surface area contributed by atoms with Gasteiger partial charge in [0.05, 0.1) is 55.3 Å². The first-order valence-electron chi connectivity index (χ1n) is 48.5. The van der Waals surface area contributed by atoms with Crippen molar-refractivity contribution in [3.05, 3.63) is 491 Å². The van der Waals surface area contributed by atoms with Crippen molar-refractivity contribution in [2.75, 3.05) is 0 Å². The number of hydrogen-bond donors (Lipinski definition) is 0. The highest BCUT2D eigenvalue weighted by molar-refractivity contribution is 7.26. The molecule has 21 aromatic carbocycles. The van der Waals surface area contributed by atoms with Gasteiger partial charge in [-0.15, -0.1) is 22.7 Å². The fourth-order valence-electron chi connectivity index (χ4n) is 21.2. The van der Waals surface area contributed by atoms with E-state index in [1.807, 2.05) is 89.4 Å². The lowest BCUT2D eigenvalue weighted by atomic mass is 9.92. The standard InChI is InChI=1S/C44H27N3O.2C44H27N3S/c2*1-3-11-28(12-4-1)31-23-32(29-13-5-2-6-14-29)25-33(24-31)30-19-22-40-37(26-30)43-44(46-39-17-9-8-16-38(39)45-43)47(40)34-20-21-36-35-15-7-10-18-41(35)48-42(36)27-34;1-3-12-28(13-4-1)30-24-31(26-32(25-30)34-18-11-19-36-35-16-8-10-21-41(35)48-43(34)36)29-22-23-38-39(27-29)45-42-37-17-7-9-20-40(37)47(44(42)46-38)33-14-5-2-6-15-33/h3*1-27H. The molecule has 0 unspecified atom stereocenters. The van der Waals surface area contributed by atoms with Crippen molar-refractivity contribution in [3.8, 4) is 117 Å². The first-order valence-corrected chi connectivity index (χ1v) is 50.1. The van der Waals surface area contributed by atoms with Crippen LogP contribution in [0.2, 0.25) is 0 Å². The molecule has 0 atom stereocenters. The predicted molar refractivity (Wildman–Crippen MR) is 604 cm³/mol. The second-order valence-electron chi connectivity index (χ2n) is 36.8. The maximum atomic E-state index is 6.31. The Labute approximate surface area is 834 Å². The number of para-hydroxylation sites is 7. The van der Waals surface area contributed by atoms with Gasteiger partial charge in [-0.3, -0.25) is 13.7 Å². The predicted octanol–water partition coefficient (Wildman–Crippen LogP) is 35.8. The molecule has 0 N–H and O–H groups in total. The average Bonchev–Trinajstić information content (AvgIpc) is 1.58. The number of rotatable bonds is 12. The van der Waals surface area contributed by atoms with E-state index in [-0.39, 0.29) is 0 Å². The second-order valence-corrected chi connectivity index (χ2v) is 38.9. The minimum Gasteiger partial charge on any atom is -0.456 e. The highest BCUT2D eigenvalue weighted by Gasteiger charge is 2.25. The van der Waals surface area contributed by atoms with Crippen LogP contribution in [0.15, 0.2) is 496 Å².